The third kappa shape index (κ3) is 1.86. The third-order valence-corrected chi connectivity index (χ3v) is 3.51. The molecule has 1 fully saturated rings. The largest absolute Gasteiger partial charge is 0.469 e. The van der Waals surface area contributed by atoms with Crippen molar-refractivity contribution in [3.8, 4) is 0 Å². The van der Waals surface area contributed by atoms with Crippen molar-refractivity contribution in [1.82, 2.24) is 0 Å². The Hall–Kier alpha value is 0.01000. The SMILES string of the molecule is COC(=O)[C@H]1[C@H](C(O)C(Cl)Cl)C1(C)C. The minimum atomic E-state index is -0.877. The maximum absolute atomic E-state index is 11.3. The highest BCUT2D eigenvalue weighted by Gasteiger charge is 2.66. The Morgan fingerprint density at radius 1 is 1.50 bits per heavy atom. The zero-order chi connectivity index (χ0) is 11.1. The van der Waals surface area contributed by atoms with Crippen molar-refractivity contribution in [1.29, 1.82) is 0 Å². The Labute approximate surface area is 93.3 Å². The minimum absolute atomic E-state index is 0.213. The predicted molar refractivity (Wildman–Crippen MR) is 54.3 cm³/mol. The highest BCUT2D eigenvalue weighted by molar-refractivity contribution is 6.44. The van der Waals surface area contributed by atoms with Gasteiger partial charge in [-0.2, -0.15) is 0 Å². The summed E-state index contributed by atoms with van der Waals surface area (Å²) in [5, 5.41) is 9.64. The van der Waals surface area contributed by atoms with Crippen molar-refractivity contribution in [3.63, 3.8) is 0 Å². The average molecular weight is 241 g/mol. The van der Waals surface area contributed by atoms with Crippen LogP contribution < -0.4 is 0 Å². The van der Waals surface area contributed by atoms with E-state index in [4.69, 9.17) is 23.2 Å². The van der Waals surface area contributed by atoms with Crippen LogP contribution in [0.1, 0.15) is 13.8 Å². The van der Waals surface area contributed by atoms with E-state index >= 15 is 0 Å². The normalized spacial score (nSPS) is 31.4. The van der Waals surface area contributed by atoms with Crippen LogP contribution in [0.25, 0.3) is 0 Å². The number of rotatable bonds is 3. The molecular formula is C9H14Cl2O3. The van der Waals surface area contributed by atoms with Crippen LogP contribution in [0.5, 0.6) is 0 Å². The van der Waals surface area contributed by atoms with Gasteiger partial charge in [-0.05, 0) is 5.41 Å². The van der Waals surface area contributed by atoms with Crippen molar-refractivity contribution in [2.75, 3.05) is 7.11 Å². The van der Waals surface area contributed by atoms with E-state index in [0.29, 0.717) is 0 Å². The molecule has 0 radical (unpaired) electrons. The van der Waals surface area contributed by atoms with Crippen LogP contribution >= 0.6 is 23.2 Å². The van der Waals surface area contributed by atoms with Gasteiger partial charge in [0.1, 0.15) is 4.84 Å². The van der Waals surface area contributed by atoms with Crippen LogP contribution in [0.15, 0.2) is 0 Å². The van der Waals surface area contributed by atoms with E-state index in [0.717, 1.165) is 0 Å². The molecule has 1 N–H and O–H groups in total. The second-order valence-electron chi connectivity index (χ2n) is 4.17. The molecule has 1 unspecified atom stereocenters. The van der Waals surface area contributed by atoms with Crippen LogP contribution in [0.2, 0.25) is 0 Å². The molecule has 0 spiro atoms. The molecule has 1 aliphatic rings. The first kappa shape index (κ1) is 12.1. The Bertz CT molecular complexity index is 240. The smallest absolute Gasteiger partial charge is 0.309 e. The summed E-state index contributed by atoms with van der Waals surface area (Å²) in [6.45, 7) is 3.78. The standard InChI is InChI=1S/C9H14Cl2O3/c1-9(2)4(6(12)7(10)11)5(9)8(13)14-3/h4-7,12H,1-3H3/t4-,5-,6?/m1/s1. The van der Waals surface area contributed by atoms with Gasteiger partial charge in [-0.15, -0.1) is 23.2 Å². The molecule has 0 bridgehead atoms. The van der Waals surface area contributed by atoms with Crippen LogP contribution in [-0.4, -0.2) is 29.1 Å². The van der Waals surface area contributed by atoms with Gasteiger partial charge in [0.05, 0.1) is 19.1 Å². The van der Waals surface area contributed by atoms with Gasteiger partial charge in [-0.25, -0.2) is 0 Å². The molecular weight excluding hydrogens is 227 g/mol. The Kier molecular flexibility index (Phi) is 3.34. The lowest BCUT2D eigenvalue weighted by Crippen LogP contribution is -2.22. The zero-order valence-corrected chi connectivity index (χ0v) is 9.84. The second kappa shape index (κ2) is 3.87. The molecule has 0 saturated heterocycles. The van der Waals surface area contributed by atoms with Crippen molar-refractivity contribution < 1.29 is 14.6 Å². The van der Waals surface area contributed by atoms with Gasteiger partial charge in [0.25, 0.3) is 0 Å². The van der Waals surface area contributed by atoms with E-state index in [9.17, 15) is 9.90 Å². The highest BCUT2D eigenvalue weighted by atomic mass is 35.5. The number of halogens is 2. The van der Waals surface area contributed by atoms with Crippen LogP contribution in [0, 0.1) is 17.3 Å². The summed E-state index contributed by atoms with van der Waals surface area (Å²) in [6, 6.07) is 0. The fourth-order valence-electron chi connectivity index (χ4n) is 2.05. The van der Waals surface area contributed by atoms with Gasteiger partial charge in [0.15, 0.2) is 0 Å². The number of methoxy groups -OCH3 is 1. The van der Waals surface area contributed by atoms with Crippen molar-refractivity contribution in [3.05, 3.63) is 0 Å². The number of carbonyl (C=O) groups excluding carboxylic acids is 1. The van der Waals surface area contributed by atoms with E-state index in [1.165, 1.54) is 7.11 Å². The molecule has 1 rings (SSSR count). The first-order chi connectivity index (χ1) is 6.34. The predicted octanol–water partition coefficient (Wildman–Crippen LogP) is 1.60. The van der Waals surface area contributed by atoms with Crippen LogP contribution in [-0.2, 0) is 9.53 Å². The Morgan fingerprint density at radius 2 is 2.00 bits per heavy atom. The molecule has 14 heavy (non-hydrogen) atoms. The molecule has 0 aromatic heterocycles. The zero-order valence-electron chi connectivity index (χ0n) is 8.33. The van der Waals surface area contributed by atoms with Gasteiger partial charge < -0.3 is 9.84 Å². The molecule has 0 aromatic carbocycles. The fourth-order valence-corrected chi connectivity index (χ4v) is 2.36. The van der Waals surface area contributed by atoms with Crippen molar-refractivity contribution >= 4 is 29.2 Å². The quantitative estimate of drug-likeness (QED) is 0.603. The maximum Gasteiger partial charge on any atom is 0.309 e. The molecule has 5 heteroatoms. The Balaban J connectivity index is 2.70. The first-order valence-electron chi connectivity index (χ1n) is 4.38. The monoisotopic (exact) mass is 240 g/mol. The lowest BCUT2D eigenvalue weighted by atomic mass is 10.1. The number of hydrogen-bond donors (Lipinski definition) is 1. The highest BCUT2D eigenvalue weighted by Crippen LogP contribution is 2.61. The summed E-state index contributed by atoms with van der Waals surface area (Å²) in [5.74, 6) is -0.828. The summed E-state index contributed by atoms with van der Waals surface area (Å²) in [7, 11) is 1.33. The van der Waals surface area contributed by atoms with Gasteiger partial charge in [0.2, 0.25) is 0 Å². The van der Waals surface area contributed by atoms with Gasteiger partial charge >= 0.3 is 5.97 Å². The van der Waals surface area contributed by atoms with Gasteiger partial charge in [-0.1, -0.05) is 13.8 Å². The summed E-state index contributed by atoms with van der Waals surface area (Å²) in [4.78, 5) is 10.4. The van der Waals surface area contributed by atoms with Crippen molar-refractivity contribution in [2.24, 2.45) is 17.3 Å². The molecule has 3 nitrogen and oxygen atoms in total. The molecule has 0 amide bonds. The van der Waals surface area contributed by atoms with Gasteiger partial charge in [0, 0.05) is 5.92 Å². The van der Waals surface area contributed by atoms with E-state index in [1.807, 2.05) is 13.8 Å². The number of hydrogen-bond acceptors (Lipinski definition) is 3. The van der Waals surface area contributed by atoms with Crippen LogP contribution in [0.4, 0.5) is 0 Å². The molecule has 82 valence electrons. The second-order valence-corrected chi connectivity index (χ2v) is 5.34. The van der Waals surface area contributed by atoms with E-state index in [2.05, 4.69) is 4.74 Å². The van der Waals surface area contributed by atoms with Crippen LogP contribution in [0.3, 0.4) is 0 Å². The lowest BCUT2D eigenvalue weighted by Gasteiger charge is -2.11. The summed E-state index contributed by atoms with van der Waals surface area (Å²) < 4.78 is 4.63. The number of carbonyl (C=O) groups is 1. The maximum atomic E-state index is 11.3. The van der Waals surface area contributed by atoms with E-state index in [1.54, 1.807) is 0 Å². The first-order valence-corrected chi connectivity index (χ1v) is 5.25. The number of aliphatic hydroxyl groups is 1. The van der Waals surface area contributed by atoms with Crippen molar-refractivity contribution in [2.45, 2.75) is 24.8 Å². The topological polar surface area (TPSA) is 46.5 Å². The summed E-state index contributed by atoms with van der Waals surface area (Å²) >= 11 is 11.1. The Morgan fingerprint density at radius 3 is 2.36 bits per heavy atom. The van der Waals surface area contributed by atoms with E-state index in [-0.39, 0.29) is 23.2 Å². The molecule has 0 aliphatic heterocycles. The molecule has 1 aliphatic carbocycles. The number of ether oxygens (including phenoxy) is 1. The number of esters is 1. The number of alkyl halides is 2. The third-order valence-electron chi connectivity index (χ3n) is 2.99. The summed E-state index contributed by atoms with van der Waals surface area (Å²) in [5.41, 5.74) is -0.283. The molecule has 0 aromatic rings. The summed E-state index contributed by atoms with van der Waals surface area (Å²) in [6.07, 6.45) is -0.877. The fraction of sp³-hybridized carbons (Fsp3) is 0.889. The lowest BCUT2D eigenvalue weighted by molar-refractivity contribution is -0.143. The molecule has 0 heterocycles. The molecule has 3 atom stereocenters. The number of aliphatic hydroxyl groups excluding tert-OH is 1. The molecule has 1 saturated carbocycles. The average Bonchev–Trinajstić information content (AvgIpc) is 2.66. The minimum Gasteiger partial charge on any atom is -0.469 e. The van der Waals surface area contributed by atoms with E-state index < -0.39 is 10.9 Å². The van der Waals surface area contributed by atoms with Gasteiger partial charge in [-0.3, -0.25) is 4.79 Å².